The minimum Gasteiger partial charge on any atom is -0.502 e. The molecule has 5 rings (SSSR count). The number of aliphatic hydroxyl groups excluding tert-OH is 2. The Kier molecular flexibility index (Phi) is 9.80. The maximum atomic E-state index is 10.7. The van der Waals surface area contributed by atoms with Gasteiger partial charge in [0.15, 0.2) is 5.76 Å². The Morgan fingerprint density at radius 1 is 1.15 bits per heavy atom. The molecule has 1 aliphatic heterocycles. The Balaban J connectivity index is 0.000000585. The Hall–Kier alpha value is -3.73. The van der Waals surface area contributed by atoms with E-state index in [1.807, 2.05) is 42.5 Å². The number of methoxy groups -OCH3 is 2. The summed E-state index contributed by atoms with van der Waals surface area (Å²) < 4.78 is 18.3. The number of H-pyrrole nitrogens is 1. The van der Waals surface area contributed by atoms with Crippen LogP contribution in [0.2, 0.25) is 0 Å². The monoisotopic (exact) mass is 582 g/mol. The molecule has 0 spiro atoms. The van der Waals surface area contributed by atoms with Crippen molar-refractivity contribution in [1.29, 1.82) is 0 Å². The summed E-state index contributed by atoms with van der Waals surface area (Å²) in [7, 11) is 3.40. The number of benzene rings is 2. The van der Waals surface area contributed by atoms with Crippen LogP contribution >= 0.6 is 11.3 Å². The van der Waals surface area contributed by atoms with Gasteiger partial charge in [0.2, 0.25) is 0 Å². The number of ether oxygens (including phenoxy) is 3. The van der Waals surface area contributed by atoms with Crippen molar-refractivity contribution in [3.8, 4) is 17.2 Å². The van der Waals surface area contributed by atoms with Crippen LogP contribution in [0.3, 0.4) is 0 Å². The molecule has 2 aromatic heterocycles. The molecular formula is C31H38N2O7S. The van der Waals surface area contributed by atoms with Crippen molar-refractivity contribution in [3.63, 3.8) is 0 Å². The largest absolute Gasteiger partial charge is 0.502 e. The number of β-amino-alcohol motifs (C(OH)–C–C–N with tert-alkyl or cyclic N) is 1. The molecule has 0 aliphatic carbocycles. The summed E-state index contributed by atoms with van der Waals surface area (Å²) in [6.45, 7) is 8.88. The second kappa shape index (κ2) is 13.3. The Labute approximate surface area is 243 Å². The van der Waals surface area contributed by atoms with Gasteiger partial charge in [0.25, 0.3) is 0 Å². The molecule has 4 N–H and O–H groups in total. The highest BCUT2D eigenvalue weighted by molar-refractivity contribution is 7.19. The van der Waals surface area contributed by atoms with Crippen LogP contribution in [0.1, 0.15) is 36.3 Å². The number of nitrogens with one attached hydrogen (secondary N) is 1. The summed E-state index contributed by atoms with van der Waals surface area (Å²) in [4.78, 5) is 16.5. The van der Waals surface area contributed by atoms with Gasteiger partial charge < -0.3 is 34.5 Å². The number of aromatic nitrogens is 1. The quantitative estimate of drug-likeness (QED) is 0.143. The van der Waals surface area contributed by atoms with E-state index in [1.165, 1.54) is 9.58 Å². The number of fused-ring (bicyclic) bond motifs is 2. The van der Waals surface area contributed by atoms with E-state index < -0.39 is 17.8 Å². The van der Waals surface area contributed by atoms with E-state index in [2.05, 4.69) is 41.6 Å². The van der Waals surface area contributed by atoms with Gasteiger partial charge in [-0.3, -0.25) is 4.90 Å². The second-order valence-electron chi connectivity index (χ2n) is 10.3. The molecule has 0 amide bonds. The van der Waals surface area contributed by atoms with E-state index in [-0.39, 0.29) is 6.61 Å². The molecule has 9 nitrogen and oxygen atoms in total. The lowest BCUT2D eigenvalue weighted by molar-refractivity contribution is -0.135. The van der Waals surface area contributed by atoms with Crippen LogP contribution in [0.15, 0.2) is 54.8 Å². The zero-order chi connectivity index (χ0) is 29.7. The summed E-state index contributed by atoms with van der Waals surface area (Å²) in [6, 6.07) is 14.8. The first-order valence-corrected chi connectivity index (χ1v) is 14.3. The number of aromatic amines is 1. The van der Waals surface area contributed by atoms with Crippen LogP contribution in [-0.2, 0) is 4.79 Å². The van der Waals surface area contributed by atoms with E-state index in [9.17, 15) is 9.90 Å². The van der Waals surface area contributed by atoms with Crippen molar-refractivity contribution in [2.75, 3.05) is 33.9 Å². The Morgan fingerprint density at radius 3 is 2.56 bits per heavy atom. The average Bonchev–Trinajstić information content (AvgIpc) is 3.55. The van der Waals surface area contributed by atoms with Crippen LogP contribution in [-0.4, -0.2) is 77.2 Å². The SMILES string of the molecule is C=C(O)C(=O)O.COc1cc(OC)c2cc([C@H]3CCN(CC(O)COc4cccc5[nH]c(C)cc45)[C@@H](C)C3)sc2c1. The lowest BCUT2D eigenvalue weighted by Crippen LogP contribution is -2.45. The predicted octanol–water partition coefficient (Wildman–Crippen LogP) is 5.86. The third kappa shape index (κ3) is 7.32. The molecule has 41 heavy (non-hydrogen) atoms. The molecule has 1 saturated heterocycles. The van der Waals surface area contributed by atoms with Crippen LogP contribution in [0.5, 0.6) is 17.2 Å². The van der Waals surface area contributed by atoms with Crippen molar-refractivity contribution < 1.29 is 34.3 Å². The zero-order valence-electron chi connectivity index (χ0n) is 23.8. The van der Waals surface area contributed by atoms with Gasteiger partial charge in [-0.2, -0.15) is 0 Å². The predicted molar refractivity (Wildman–Crippen MR) is 162 cm³/mol. The van der Waals surface area contributed by atoms with E-state index in [1.54, 1.807) is 14.2 Å². The zero-order valence-corrected chi connectivity index (χ0v) is 24.7. The number of aliphatic hydroxyl groups is 2. The number of hydrogen-bond donors (Lipinski definition) is 4. The fraction of sp³-hybridized carbons (Fsp3) is 0.387. The van der Waals surface area contributed by atoms with E-state index in [0.717, 1.165) is 58.6 Å². The first kappa shape index (κ1) is 30.2. The molecule has 0 saturated carbocycles. The lowest BCUT2D eigenvalue weighted by atomic mass is 9.90. The van der Waals surface area contributed by atoms with E-state index in [4.69, 9.17) is 24.4 Å². The normalized spacial score (nSPS) is 18.0. The van der Waals surface area contributed by atoms with Gasteiger partial charge >= 0.3 is 5.97 Å². The maximum absolute atomic E-state index is 10.7. The third-order valence-electron chi connectivity index (χ3n) is 7.35. The summed E-state index contributed by atoms with van der Waals surface area (Å²) in [5.41, 5.74) is 2.16. The van der Waals surface area contributed by atoms with Crippen LogP contribution in [0, 0.1) is 6.92 Å². The van der Waals surface area contributed by atoms with Crippen LogP contribution in [0.25, 0.3) is 21.0 Å². The number of carboxylic acids is 1. The van der Waals surface area contributed by atoms with Gasteiger partial charge in [-0.05, 0) is 76.1 Å². The molecule has 3 atom stereocenters. The molecule has 1 aliphatic rings. The number of nitrogens with zero attached hydrogens (tertiary/aromatic N) is 1. The standard InChI is InChI=1S/C28H34N2O4S.C3H4O3/c1-17-10-22-24(29-17)6-5-7-25(22)34-16-20(31)15-30-9-8-19(11-18(30)2)27-14-23-26(33-4)12-21(32-3)13-28(23)35-27;1-2(4)3(5)6/h5-7,10,12-14,18-20,29,31H,8-9,11,15-16H2,1-4H3;4H,1H2,(H,5,6)/t18-,19-,20?;/m0./s1. The van der Waals surface area contributed by atoms with Gasteiger partial charge in [-0.15, -0.1) is 11.3 Å². The number of likely N-dealkylation sites (tertiary alicyclic amines) is 1. The smallest absolute Gasteiger partial charge is 0.370 e. The van der Waals surface area contributed by atoms with E-state index in [0.29, 0.717) is 18.5 Å². The second-order valence-corrected chi connectivity index (χ2v) is 11.5. The Morgan fingerprint density at radius 2 is 1.90 bits per heavy atom. The first-order valence-electron chi connectivity index (χ1n) is 13.5. The number of aryl methyl sites for hydroxylation is 1. The third-order valence-corrected chi connectivity index (χ3v) is 8.59. The van der Waals surface area contributed by atoms with E-state index >= 15 is 0 Å². The highest BCUT2D eigenvalue weighted by atomic mass is 32.1. The van der Waals surface area contributed by atoms with Gasteiger partial charge in [0, 0.05) is 50.2 Å². The number of carboxylic acid groups (broad SMARTS) is 1. The number of carbonyl (C=O) groups is 1. The number of hydrogen-bond acceptors (Lipinski definition) is 8. The first-order chi connectivity index (χ1) is 19.6. The molecule has 220 valence electrons. The summed E-state index contributed by atoms with van der Waals surface area (Å²) in [5, 5.41) is 28.4. The highest BCUT2D eigenvalue weighted by Gasteiger charge is 2.29. The molecule has 0 radical (unpaired) electrons. The molecule has 10 heteroatoms. The topological polar surface area (TPSA) is 124 Å². The number of thiophene rings is 1. The van der Waals surface area contributed by atoms with Crippen molar-refractivity contribution in [1.82, 2.24) is 9.88 Å². The molecule has 2 aromatic carbocycles. The summed E-state index contributed by atoms with van der Waals surface area (Å²) >= 11 is 1.84. The van der Waals surface area contributed by atoms with Gasteiger partial charge in [-0.25, -0.2) is 4.79 Å². The van der Waals surface area contributed by atoms with Gasteiger partial charge in [-0.1, -0.05) is 6.07 Å². The fourth-order valence-electron chi connectivity index (χ4n) is 5.24. The van der Waals surface area contributed by atoms with Crippen molar-refractivity contribution in [2.24, 2.45) is 0 Å². The lowest BCUT2D eigenvalue weighted by Gasteiger charge is -2.38. The van der Waals surface area contributed by atoms with Crippen LogP contribution < -0.4 is 14.2 Å². The van der Waals surface area contributed by atoms with Gasteiger partial charge in [0.05, 0.1) is 14.2 Å². The summed E-state index contributed by atoms with van der Waals surface area (Å²) in [5.74, 6) is 0.808. The Bertz CT molecular complexity index is 1500. The van der Waals surface area contributed by atoms with Crippen molar-refractivity contribution in [3.05, 3.63) is 65.4 Å². The molecule has 4 aromatic rings. The van der Waals surface area contributed by atoms with Crippen molar-refractivity contribution in [2.45, 2.75) is 44.8 Å². The van der Waals surface area contributed by atoms with Crippen molar-refractivity contribution >= 4 is 38.3 Å². The van der Waals surface area contributed by atoms with Crippen LogP contribution in [0.4, 0.5) is 0 Å². The number of piperidine rings is 1. The maximum Gasteiger partial charge on any atom is 0.370 e. The highest BCUT2D eigenvalue weighted by Crippen LogP contribution is 2.42. The minimum atomic E-state index is -1.38. The summed E-state index contributed by atoms with van der Waals surface area (Å²) in [6.07, 6.45) is 1.61. The fourth-order valence-corrected chi connectivity index (χ4v) is 6.50. The molecule has 0 bridgehead atoms. The average molecular weight is 583 g/mol. The molecular weight excluding hydrogens is 544 g/mol. The number of aliphatic carboxylic acids is 1. The molecule has 1 unspecified atom stereocenters. The molecule has 1 fully saturated rings. The minimum absolute atomic E-state index is 0.286. The van der Waals surface area contributed by atoms with Gasteiger partial charge in [0.1, 0.15) is 30.0 Å². The number of rotatable bonds is 9. The molecule has 3 heterocycles.